The molecular formula is C32H34O9S. The maximum absolute atomic E-state index is 14.0. The van der Waals surface area contributed by atoms with Crippen LogP contribution in [0.4, 0.5) is 0 Å². The van der Waals surface area contributed by atoms with Gasteiger partial charge in [0.05, 0.1) is 4.90 Å². The van der Waals surface area contributed by atoms with Crippen molar-refractivity contribution in [1.29, 1.82) is 0 Å². The Labute approximate surface area is 245 Å². The predicted molar refractivity (Wildman–Crippen MR) is 153 cm³/mol. The number of para-hydroxylation sites is 1. The third kappa shape index (κ3) is 6.54. The maximum Gasteiger partial charge on any atom is 0.343 e. The highest BCUT2D eigenvalue weighted by atomic mass is 32.2. The van der Waals surface area contributed by atoms with Gasteiger partial charge in [0, 0.05) is 0 Å². The van der Waals surface area contributed by atoms with Crippen LogP contribution < -0.4 is 4.74 Å². The van der Waals surface area contributed by atoms with E-state index in [4.69, 9.17) is 14.2 Å². The van der Waals surface area contributed by atoms with Gasteiger partial charge in [-0.25, -0.2) is 18.0 Å². The average molecular weight is 595 g/mol. The van der Waals surface area contributed by atoms with Gasteiger partial charge in [-0.2, -0.15) is 0 Å². The first kappa shape index (κ1) is 29.4. The van der Waals surface area contributed by atoms with Crippen molar-refractivity contribution < 1.29 is 42.4 Å². The van der Waals surface area contributed by atoms with Crippen LogP contribution in [-0.4, -0.2) is 42.8 Å². The molecule has 0 saturated heterocycles. The van der Waals surface area contributed by atoms with Crippen LogP contribution >= 0.6 is 0 Å². The first-order chi connectivity index (χ1) is 20.2. The molecule has 0 radical (unpaired) electrons. The van der Waals surface area contributed by atoms with Gasteiger partial charge < -0.3 is 24.4 Å². The van der Waals surface area contributed by atoms with E-state index in [1.54, 1.807) is 24.3 Å². The topological polar surface area (TPSA) is 136 Å². The summed E-state index contributed by atoms with van der Waals surface area (Å²) in [5, 5.41) is 22.2. The standard InChI is InChI=1S/C32H34O9S/c33-27-20-26(31(35)40-22-12-6-2-7-13-22)29(34)30(28(27)32(36)41-23-14-8-3-9-15-23)42(37,38)25-18-16-24(17-19-25)39-21-10-4-1-5-11-21/h1,4-5,10-11,16-20,22-23,33-34H,2-3,6-9,12-15H2. The van der Waals surface area contributed by atoms with Gasteiger partial charge in [0.2, 0.25) is 9.84 Å². The molecular weight excluding hydrogens is 560 g/mol. The van der Waals surface area contributed by atoms with Gasteiger partial charge in [-0.05, 0) is 93.8 Å². The van der Waals surface area contributed by atoms with Crippen LogP contribution in [0.25, 0.3) is 0 Å². The molecule has 0 spiro atoms. The number of benzene rings is 3. The number of aromatic hydroxyl groups is 2. The molecule has 3 aromatic rings. The lowest BCUT2D eigenvalue weighted by Gasteiger charge is -2.24. The van der Waals surface area contributed by atoms with Crippen LogP contribution in [0.1, 0.15) is 84.9 Å². The average Bonchev–Trinajstić information content (AvgIpc) is 2.99. The summed E-state index contributed by atoms with van der Waals surface area (Å²) in [5.41, 5.74) is -1.27. The summed E-state index contributed by atoms with van der Waals surface area (Å²) in [7, 11) is -4.66. The van der Waals surface area contributed by atoms with Crippen LogP contribution in [0.5, 0.6) is 23.0 Å². The van der Waals surface area contributed by atoms with Gasteiger partial charge in [-0.1, -0.05) is 31.0 Å². The largest absolute Gasteiger partial charge is 0.507 e. The van der Waals surface area contributed by atoms with Crippen molar-refractivity contribution in [2.75, 3.05) is 0 Å². The predicted octanol–water partition coefficient (Wildman–Crippen LogP) is 6.70. The van der Waals surface area contributed by atoms with E-state index in [2.05, 4.69) is 0 Å². The van der Waals surface area contributed by atoms with Crippen molar-refractivity contribution in [1.82, 2.24) is 0 Å². The Kier molecular flexibility index (Phi) is 9.01. The summed E-state index contributed by atoms with van der Waals surface area (Å²) >= 11 is 0. The number of phenolic OH excluding ortho intramolecular Hbond substituents is 2. The summed E-state index contributed by atoms with van der Waals surface area (Å²) in [6.45, 7) is 0. The molecule has 0 bridgehead atoms. The molecule has 0 aliphatic heterocycles. The molecule has 2 aliphatic rings. The first-order valence-corrected chi connectivity index (χ1v) is 15.8. The zero-order valence-electron chi connectivity index (χ0n) is 23.2. The van der Waals surface area contributed by atoms with E-state index >= 15 is 0 Å². The fourth-order valence-corrected chi connectivity index (χ4v) is 7.02. The Balaban J connectivity index is 1.53. The molecule has 2 aliphatic carbocycles. The maximum atomic E-state index is 14.0. The van der Waals surface area contributed by atoms with Gasteiger partial charge >= 0.3 is 11.9 Å². The van der Waals surface area contributed by atoms with Gasteiger partial charge in [-0.3, -0.25) is 0 Å². The van der Waals surface area contributed by atoms with E-state index in [1.807, 2.05) is 6.07 Å². The number of carbonyl (C=O) groups excluding carboxylic acids is 2. The summed E-state index contributed by atoms with van der Waals surface area (Å²) in [5.74, 6) is -2.95. The lowest BCUT2D eigenvalue weighted by molar-refractivity contribution is 0.0186. The minimum Gasteiger partial charge on any atom is -0.507 e. The smallest absolute Gasteiger partial charge is 0.343 e. The van der Waals surface area contributed by atoms with Gasteiger partial charge in [0.15, 0.2) is 0 Å². The van der Waals surface area contributed by atoms with Crippen molar-refractivity contribution in [3.05, 3.63) is 71.8 Å². The second-order valence-electron chi connectivity index (χ2n) is 10.7. The number of phenols is 2. The van der Waals surface area contributed by atoms with E-state index in [9.17, 15) is 28.2 Å². The Hall–Kier alpha value is -4.05. The summed E-state index contributed by atoms with van der Waals surface area (Å²) in [6.07, 6.45) is 7.15. The minimum absolute atomic E-state index is 0.290. The van der Waals surface area contributed by atoms with Crippen LogP contribution in [-0.2, 0) is 19.3 Å². The molecule has 0 amide bonds. The number of hydrogen-bond acceptors (Lipinski definition) is 9. The number of esters is 2. The van der Waals surface area contributed by atoms with Crippen LogP contribution in [0.2, 0.25) is 0 Å². The second-order valence-corrected chi connectivity index (χ2v) is 12.6. The van der Waals surface area contributed by atoms with Crippen LogP contribution in [0, 0.1) is 0 Å². The molecule has 5 rings (SSSR count). The van der Waals surface area contributed by atoms with Crippen molar-refractivity contribution in [2.24, 2.45) is 0 Å². The number of carbonyl (C=O) groups is 2. The van der Waals surface area contributed by atoms with Crippen molar-refractivity contribution in [2.45, 2.75) is 86.2 Å². The summed E-state index contributed by atoms with van der Waals surface area (Å²) in [4.78, 5) is 25.2. The van der Waals surface area contributed by atoms with E-state index in [0.717, 1.165) is 44.6 Å². The van der Waals surface area contributed by atoms with Crippen LogP contribution in [0.15, 0.2) is 70.5 Å². The Morgan fingerprint density at radius 1 is 0.690 bits per heavy atom. The molecule has 2 fully saturated rings. The molecule has 0 heterocycles. The highest BCUT2D eigenvalue weighted by Gasteiger charge is 2.37. The molecule has 3 aromatic carbocycles. The normalized spacial score (nSPS) is 16.5. The van der Waals surface area contributed by atoms with E-state index in [1.165, 1.54) is 24.3 Å². The fraction of sp³-hybridized carbons (Fsp3) is 0.375. The van der Waals surface area contributed by atoms with Gasteiger partial charge in [0.25, 0.3) is 0 Å². The molecule has 0 aromatic heterocycles. The molecule has 42 heavy (non-hydrogen) atoms. The van der Waals surface area contributed by atoms with E-state index in [-0.39, 0.29) is 11.0 Å². The first-order valence-electron chi connectivity index (χ1n) is 14.3. The number of hydrogen-bond donors (Lipinski definition) is 2. The molecule has 0 unspecified atom stereocenters. The highest BCUT2D eigenvalue weighted by molar-refractivity contribution is 7.91. The third-order valence-corrected chi connectivity index (χ3v) is 9.52. The Morgan fingerprint density at radius 2 is 1.21 bits per heavy atom. The summed E-state index contributed by atoms with van der Waals surface area (Å²) < 4.78 is 44.8. The Bertz CT molecular complexity index is 1520. The molecule has 0 atom stereocenters. The van der Waals surface area contributed by atoms with Gasteiger partial charge in [-0.15, -0.1) is 0 Å². The number of rotatable bonds is 8. The third-order valence-electron chi connectivity index (χ3n) is 7.69. The van der Waals surface area contributed by atoms with Crippen molar-refractivity contribution in [3.8, 4) is 23.0 Å². The van der Waals surface area contributed by atoms with Crippen molar-refractivity contribution in [3.63, 3.8) is 0 Å². The zero-order chi connectivity index (χ0) is 29.7. The quantitative estimate of drug-likeness (QED) is 0.216. The van der Waals surface area contributed by atoms with E-state index in [0.29, 0.717) is 37.2 Å². The highest BCUT2D eigenvalue weighted by Crippen LogP contribution is 2.41. The molecule has 2 saturated carbocycles. The molecule has 9 nitrogen and oxygen atoms in total. The lowest BCUT2D eigenvalue weighted by atomic mass is 9.97. The summed E-state index contributed by atoms with van der Waals surface area (Å²) in [6, 6.07) is 15.2. The van der Waals surface area contributed by atoms with Crippen molar-refractivity contribution >= 4 is 21.8 Å². The minimum atomic E-state index is -4.66. The fourth-order valence-electron chi connectivity index (χ4n) is 5.47. The Morgan fingerprint density at radius 3 is 1.79 bits per heavy atom. The number of ether oxygens (including phenoxy) is 3. The number of sulfone groups is 1. The van der Waals surface area contributed by atoms with Gasteiger partial charge in [0.1, 0.15) is 51.2 Å². The molecule has 2 N–H and O–H groups in total. The SMILES string of the molecule is O=C(OC1CCCCC1)c1cc(O)c(C(=O)OC2CCCCC2)c(S(=O)(=O)c2ccc(Oc3ccccc3)cc2)c1O. The molecule has 10 heteroatoms. The molecule has 222 valence electrons. The zero-order valence-corrected chi connectivity index (χ0v) is 24.0. The second kappa shape index (κ2) is 12.9. The van der Waals surface area contributed by atoms with E-state index < -0.39 is 55.4 Å². The monoisotopic (exact) mass is 594 g/mol. The van der Waals surface area contributed by atoms with Crippen LogP contribution in [0.3, 0.4) is 0 Å². The lowest BCUT2D eigenvalue weighted by Crippen LogP contribution is -2.24.